The van der Waals surface area contributed by atoms with Gasteiger partial charge in [0.05, 0.1) is 0 Å². The molecule has 1 heteroatoms. The van der Waals surface area contributed by atoms with Crippen LogP contribution in [-0.4, -0.2) is 6.29 Å². The maximum absolute atomic E-state index is 11.6. The van der Waals surface area contributed by atoms with Gasteiger partial charge in [-0.1, -0.05) is 26.7 Å². The minimum atomic E-state index is 0.0760. The Morgan fingerprint density at radius 3 is 1.88 bits per heavy atom. The number of carbonyl (C=O) groups excluding carboxylic acids is 1. The van der Waals surface area contributed by atoms with Crippen molar-refractivity contribution in [3.05, 3.63) is 0 Å². The smallest absolute Gasteiger partial charge is 0.126 e. The lowest BCUT2D eigenvalue weighted by Crippen LogP contribution is -2.38. The van der Waals surface area contributed by atoms with Crippen LogP contribution in [0.4, 0.5) is 0 Å². The first-order chi connectivity index (χ1) is 7.66. The van der Waals surface area contributed by atoms with Crippen LogP contribution in [0.1, 0.15) is 65.2 Å². The van der Waals surface area contributed by atoms with E-state index in [1.54, 1.807) is 0 Å². The van der Waals surface area contributed by atoms with Crippen molar-refractivity contribution in [1.29, 1.82) is 0 Å². The van der Waals surface area contributed by atoms with E-state index >= 15 is 0 Å². The molecule has 0 aliphatic heterocycles. The maximum Gasteiger partial charge on any atom is 0.126 e. The Morgan fingerprint density at radius 2 is 1.38 bits per heavy atom. The Kier molecular flexibility index (Phi) is 3.71. The van der Waals surface area contributed by atoms with Crippen molar-refractivity contribution in [3.8, 4) is 0 Å². The van der Waals surface area contributed by atoms with Gasteiger partial charge in [0.25, 0.3) is 0 Å². The largest absolute Gasteiger partial charge is 0.303 e. The molecule has 0 radical (unpaired) electrons. The van der Waals surface area contributed by atoms with E-state index in [4.69, 9.17) is 0 Å². The summed E-state index contributed by atoms with van der Waals surface area (Å²) in [5.41, 5.74) is 0.0760. The molecule has 0 spiro atoms. The van der Waals surface area contributed by atoms with Gasteiger partial charge in [-0.3, -0.25) is 0 Å². The molecule has 0 bridgehead atoms. The summed E-state index contributed by atoms with van der Waals surface area (Å²) in [6, 6.07) is 0. The summed E-state index contributed by atoms with van der Waals surface area (Å²) in [4.78, 5) is 11.6. The molecular weight excluding hydrogens is 196 g/mol. The van der Waals surface area contributed by atoms with Crippen molar-refractivity contribution in [2.75, 3.05) is 0 Å². The Hall–Kier alpha value is -0.330. The molecule has 2 aliphatic rings. The molecule has 1 nitrogen and oxygen atoms in total. The van der Waals surface area contributed by atoms with Gasteiger partial charge in [0.2, 0.25) is 0 Å². The topological polar surface area (TPSA) is 17.1 Å². The van der Waals surface area contributed by atoms with Crippen molar-refractivity contribution in [2.24, 2.45) is 23.2 Å². The normalized spacial score (nSPS) is 45.2. The highest BCUT2D eigenvalue weighted by Gasteiger charge is 2.41. The number of hydrogen-bond donors (Lipinski definition) is 0. The molecule has 0 heterocycles. The van der Waals surface area contributed by atoms with Gasteiger partial charge in [-0.05, 0) is 56.3 Å². The lowest BCUT2D eigenvalue weighted by Gasteiger charge is -2.43. The summed E-state index contributed by atoms with van der Waals surface area (Å²) in [5.74, 6) is 2.44. The fourth-order valence-corrected chi connectivity index (χ4v) is 3.76. The summed E-state index contributed by atoms with van der Waals surface area (Å²) < 4.78 is 0. The van der Waals surface area contributed by atoms with Crippen LogP contribution in [0.5, 0.6) is 0 Å². The first kappa shape index (κ1) is 12.1. The van der Waals surface area contributed by atoms with Crippen LogP contribution < -0.4 is 0 Å². The molecule has 2 aliphatic carbocycles. The predicted octanol–water partition coefficient (Wildman–Crippen LogP) is 4.21. The fraction of sp³-hybridized carbons (Fsp3) is 0.933. The molecular formula is C15H26O. The third-order valence-electron chi connectivity index (χ3n) is 5.27. The van der Waals surface area contributed by atoms with Crippen LogP contribution in [0.2, 0.25) is 0 Å². The molecule has 2 rings (SSSR count). The Balaban J connectivity index is 2.01. The summed E-state index contributed by atoms with van der Waals surface area (Å²) in [5, 5.41) is 0. The number of hydrogen-bond acceptors (Lipinski definition) is 1. The molecule has 16 heavy (non-hydrogen) atoms. The molecule has 0 aromatic rings. The first-order valence-electron chi connectivity index (χ1n) is 7.12. The second kappa shape index (κ2) is 4.89. The quantitative estimate of drug-likeness (QED) is 0.640. The standard InChI is InChI=1S/C15H26O/c1-12-3-5-14(6-4-12)15(11-16)9-7-13(2)8-10-15/h11-14H,3-10H2,1-2H3. The molecule has 0 unspecified atom stereocenters. The highest BCUT2D eigenvalue weighted by molar-refractivity contribution is 5.60. The van der Waals surface area contributed by atoms with Gasteiger partial charge in [-0.15, -0.1) is 0 Å². The first-order valence-corrected chi connectivity index (χ1v) is 7.12. The Bertz CT molecular complexity index is 230. The Labute approximate surface area is 100.0 Å². The molecule has 0 atom stereocenters. The number of carbonyl (C=O) groups is 1. The molecule has 0 amide bonds. The van der Waals surface area contributed by atoms with Gasteiger partial charge >= 0.3 is 0 Å². The van der Waals surface area contributed by atoms with Gasteiger partial charge in [0.1, 0.15) is 6.29 Å². The number of rotatable bonds is 2. The van der Waals surface area contributed by atoms with E-state index in [0.717, 1.165) is 24.7 Å². The summed E-state index contributed by atoms with van der Waals surface area (Å²) in [7, 11) is 0. The highest BCUT2D eigenvalue weighted by atomic mass is 16.1. The lowest BCUT2D eigenvalue weighted by molar-refractivity contribution is -0.123. The monoisotopic (exact) mass is 222 g/mol. The van der Waals surface area contributed by atoms with E-state index in [9.17, 15) is 4.79 Å². The van der Waals surface area contributed by atoms with E-state index in [1.807, 2.05) is 0 Å². The summed E-state index contributed by atoms with van der Waals surface area (Å²) >= 11 is 0. The third kappa shape index (κ3) is 2.33. The third-order valence-corrected chi connectivity index (χ3v) is 5.27. The molecule has 0 aromatic heterocycles. The maximum atomic E-state index is 11.6. The molecule has 0 N–H and O–H groups in total. The van der Waals surface area contributed by atoms with E-state index in [0.29, 0.717) is 5.92 Å². The van der Waals surface area contributed by atoms with Crippen molar-refractivity contribution in [1.82, 2.24) is 0 Å². The van der Waals surface area contributed by atoms with E-state index < -0.39 is 0 Å². The lowest BCUT2D eigenvalue weighted by atomic mass is 9.60. The van der Waals surface area contributed by atoms with Gasteiger partial charge < -0.3 is 4.79 Å². The minimum Gasteiger partial charge on any atom is -0.303 e. The Morgan fingerprint density at radius 1 is 0.875 bits per heavy atom. The average molecular weight is 222 g/mol. The van der Waals surface area contributed by atoms with Crippen LogP contribution in [0.25, 0.3) is 0 Å². The molecule has 2 fully saturated rings. The fourth-order valence-electron chi connectivity index (χ4n) is 3.76. The van der Waals surface area contributed by atoms with Crippen LogP contribution in [-0.2, 0) is 4.79 Å². The zero-order valence-corrected chi connectivity index (χ0v) is 10.9. The van der Waals surface area contributed by atoms with Gasteiger partial charge in [-0.2, -0.15) is 0 Å². The molecule has 0 aromatic carbocycles. The van der Waals surface area contributed by atoms with Crippen LogP contribution >= 0.6 is 0 Å². The van der Waals surface area contributed by atoms with E-state index in [2.05, 4.69) is 13.8 Å². The van der Waals surface area contributed by atoms with Crippen molar-refractivity contribution in [3.63, 3.8) is 0 Å². The highest BCUT2D eigenvalue weighted by Crippen LogP contribution is 2.48. The van der Waals surface area contributed by atoms with Gasteiger partial charge in [0.15, 0.2) is 0 Å². The minimum absolute atomic E-state index is 0.0760. The van der Waals surface area contributed by atoms with Gasteiger partial charge in [0, 0.05) is 5.41 Å². The predicted molar refractivity (Wildman–Crippen MR) is 67.3 cm³/mol. The zero-order valence-electron chi connectivity index (χ0n) is 10.9. The average Bonchev–Trinajstić information content (AvgIpc) is 2.32. The molecule has 0 saturated heterocycles. The second-order valence-corrected chi connectivity index (χ2v) is 6.49. The number of aldehydes is 1. The summed E-state index contributed by atoms with van der Waals surface area (Å²) in [6.07, 6.45) is 11.5. The second-order valence-electron chi connectivity index (χ2n) is 6.49. The van der Waals surface area contributed by atoms with Crippen LogP contribution in [0, 0.1) is 23.2 Å². The van der Waals surface area contributed by atoms with Crippen LogP contribution in [0.15, 0.2) is 0 Å². The molecule has 92 valence electrons. The summed E-state index contributed by atoms with van der Waals surface area (Å²) in [6.45, 7) is 4.68. The molecule has 2 saturated carbocycles. The van der Waals surface area contributed by atoms with E-state index in [1.165, 1.54) is 44.8 Å². The van der Waals surface area contributed by atoms with E-state index in [-0.39, 0.29) is 5.41 Å². The van der Waals surface area contributed by atoms with Crippen molar-refractivity contribution in [2.45, 2.75) is 65.2 Å². The SMILES string of the molecule is CC1CCC(C2(C=O)CCC(C)CC2)CC1. The van der Waals surface area contributed by atoms with Crippen LogP contribution in [0.3, 0.4) is 0 Å². The zero-order chi connectivity index (χ0) is 11.6. The van der Waals surface area contributed by atoms with Gasteiger partial charge in [-0.25, -0.2) is 0 Å². The van der Waals surface area contributed by atoms with Crippen molar-refractivity contribution < 1.29 is 4.79 Å². The van der Waals surface area contributed by atoms with Crippen molar-refractivity contribution >= 4 is 6.29 Å².